The SMILES string of the molecule is C[C@@H]1CCC/C(=N/NC(=O)c2nn(Cc3ccccc3)c(=O)c3ccccc23)C1. The van der Waals surface area contributed by atoms with Crippen LogP contribution >= 0.6 is 0 Å². The topological polar surface area (TPSA) is 76.3 Å². The van der Waals surface area contributed by atoms with Gasteiger partial charge in [-0.25, -0.2) is 10.1 Å². The number of hydrogen-bond acceptors (Lipinski definition) is 4. The number of nitrogens with one attached hydrogen (secondary N) is 1. The van der Waals surface area contributed by atoms with Gasteiger partial charge in [0.05, 0.1) is 11.9 Å². The summed E-state index contributed by atoms with van der Waals surface area (Å²) in [4.78, 5) is 25.8. The average Bonchev–Trinajstić information content (AvgIpc) is 2.75. The zero-order chi connectivity index (χ0) is 20.2. The number of nitrogens with zero attached hydrogens (tertiary/aromatic N) is 3. The Morgan fingerprint density at radius 1 is 1.14 bits per heavy atom. The molecule has 1 aromatic heterocycles. The number of fused-ring (bicyclic) bond motifs is 1. The quantitative estimate of drug-likeness (QED) is 0.692. The molecule has 148 valence electrons. The molecule has 0 spiro atoms. The highest BCUT2D eigenvalue weighted by Crippen LogP contribution is 2.21. The van der Waals surface area contributed by atoms with Crippen molar-refractivity contribution in [1.82, 2.24) is 15.2 Å². The smallest absolute Gasteiger partial charge is 0.267 e. The van der Waals surface area contributed by atoms with Gasteiger partial charge in [0.15, 0.2) is 5.69 Å². The fourth-order valence-corrected chi connectivity index (χ4v) is 3.81. The molecule has 2 aromatic carbocycles. The molecule has 1 heterocycles. The van der Waals surface area contributed by atoms with Crippen LogP contribution in [0.1, 0.15) is 48.7 Å². The summed E-state index contributed by atoms with van der Waals surface area (Å²) in [5.74, 6) is 0.194. The van der Waals surface area contributed by atoms with Crippen LogP contribution in [0.15, 0.2) is 64.5 Å². The number of amides is 1. The van der Waals surface area contributed by atoms with Crippen molar-refractivity contribution in [3.05, 3.63) is 76.2 Å². The molecule has 1 amide bonds. The molecule has 6 nitrogen and oxygen atoms in total. The molecule has 0 bridgehead atoms. The highest BCUT2D eigenvalue weighted by molar-refractivity contribution is 6.05. The largest absolute Gasteiger partial charge is 0.292 e. The van der Waals surface area contributed by atoms with Gasteiger partial charge >= 0.3 is 0 Å². The Kier molecular flexibility index (Phi) is 5.51. The Bertz CT molecular complexity index is 1120. The van der Waals surface area contributed by atoms with Crippen LogP contribution in [-0.2, 0) is 6.54 Å². The molecule has 6 heteroatoms. The van der Waals surface area contributed by atoms with E-state index in [1.165, 1.54) is 11.1 Å². The molecule has 1 aliphatic rings. The third-order valence-corrected chi connectivity index (χ3v) is 5.32. The molecule has 1 atom stereocenters. The number of carbonyl (C=O) groups excluding carboxylic acids is 1. The van der Waals surface area contributed by atoms with Crippen molar-refractivity contribution in [2.75, 3.05) is 0 Å². The monoisotopic (exact) mass is 388 g/mol. The van der Waals surface area contributed by atoms with Crippen LogP contribution < -0.4 is 11.0 Å². The summed E-state index contributed by atoms with van der Waals surface area (Å²) in [6.45, 7) is 2.50. The molecule has 1 N–H and O–H groups in total. The van der Waals surface area contributed by atoms with E-state index in [0.29, 0.717) is 23.2 Å². The van der Waals surface area contributed by atoms with E-state index < -0.39 is 5.91 Å². The first kappa shape index (κ1) is 19.1. The molecule has 29 heavy (non-hydrogen) atoms. The van der Waals surface area contributed by atoms with E-state index in [0.717, 1.165) is 30.5 Å². The van der Waals surface area contributed by atoms with Gasteiger partial charge in [-0.1, -0.05) is 55.5 Å². The van der Waals surface area contributed by atoms with E-state index in [2.05, 4.69) is 22.5 Å². The summed E-state index contributed by atoms with van der Waals surface area (Å²) in [7, 11) is 0. The Morgan fingerprint density at radius 2 is 1.86 bits per heavy atom. The van der Waals surface area contributed by atoms with Gasteiger partial charge in [-0.15, -0.1) is 0 Å². The first-order chi connectivity index (χ1) is 14.1. The fraction of sp³-hybridized carbons (Fsp3) is 0.304. The maximum absolute atomic E-state index is 12.9. The fourth-order valence-electron chi connectivity index (χ4n) is 3.81. The Hall–Kier alpha value is -3.28. The van der Waals surface area contributed by atoms with Crippen LogP contribution in [0.4, 0.5) is 0 Å². The molecular formula is C23H24N4O2. The second-order valence-electron chi connectivity index (χ2n) is 7.66. The van der Waals surface area contributed by atoms with Gasteiger partial charge in [-0.3, -0.25) is 9.59 Å². The second-order valence-corrected chi connectivity index (χ2v) is 7.66. The maximum Gasteiger partial charge on any atom is 0.292 e. The second kappa shape index (κ2) is 8.39. The molecule has 0 aliphatic heterocycles. The molecule has 3 aromatic rings. The third-order valence-electron chi connectivity index (χ3n) is 5.32. The van der Waals surface area contributed by atoms with Crippen LogP contribution in [0.2, 0.25) is 0 Å². The number of hydrogen-bond donors (Lipinski definition) is 1. The lowest BCUT2D eigenvalue weighted by Gasteiger charge is -2.19. The van der Waals surface area contributed by atoms with E-state index in [1.807, 2.05) is 30.3 Å². The van der Waals surface area contributed by atoms with Crippen LogP contribution in [0, 0.1) is 5.92 Å². The van der Waals surface area contributed by atoms with Crippen molar-refractivity contribution < 1.29 is 4.79 Å². The average molecular weight is 388 g/mol. The number of aromatic nitrogens is 2. The Balaban J connectivity index is 1.69. The molecule has 1 aliphatic carbocycles. The summed E-state index contributed by atoms with van der Waals surface area (Å²) in [6, 6.07) is 16.7. The van der Waals surface area contributed by atoms with E-state index in [4.69, 9.17) is 0 Å². The van der Waals surface area contributed by atoms with E-state index in [1.54, 1.807) is 24.3 Å². The predicted molar refractivity (Wildman–Crippen MR) is 114 cm³/mol. The van der Waals surface area contributed by atoms with Crippen molar-refractivity contribution in [2.45, 2.75) is 39.2 Å². The van der Waals surface area contributed by atoms with Crippen molar-refractivity contribution in [3.63, 3.8) is 0 Å². The zero-order valence-corrected chi connectivity index (χ0v) is 16.5. The molecule has 1 fully saturated rings. The number of rotatable bonds is 4. The molecular weight excluding hydrogens is 364 g/mol. The zero-order valence-electron chi connectivity index (χ0n) is 16.5. The molecule has 0 saturated heterocycles. The highest BCUT2D eigenvalue weighted by atomic mass is 16.2. The number of hydrazone groups is 1. The van der Waals surface area contributed by atoms with Gasteiger partial charge in [0.25, 0.3) is 11.5 Å². The van der Waals surface area contributed by atoms with Gasteiger partial charge in [-0.05, 0) is 43.2 Å². The predicted octanol–water partition coefficient (Wildman–Crippen LogP) is 3.74. The summed E-state index contributed by atoms with van der Waals surface area (Å²) < 4.78 is 1.35. The number of carbonyl (C=O) groups is 1. The lowest BCUT2D eigenvalue weighted by atomic mass is 9.89. The van der Waals surface area contributed by atoms with Crippen molar-refractivity contribution in [1.29, 1.82) is 0 Å². The molecule has 0 unspecified atom stereocenters. The minimum absolute atomic E-state index is 0.212. The number of benzene rings is 2. The van der Waals surface area contributed by atoms with Gasteiger partial charge in [0.1, 0.15) is 0 Å². The van der Waals surface area contributed by atoms with Crippen LogP contribution in [-0.4, -0.2) is 21.4 Å². The van der Waals surface area contributed by atoms with Gasteiger partial charge in [-0.2, -0.15) is 10.2 Å². The molecule has 0 radical (unpaired) electrons. The van der Waals surface area contributed by atoms with Crippen molar-refractivity contribution in [2.24, 2.45) is 11.0 Å². The van der Waals surface area contributed by atoms with Crippen LogP contribution in [0.5, 0.6) is 0 Å². The molecule has 4 rings (SSSR count). The first-order valence-corrected chi connectivity index (χ1v) is 10.0. The van der Waals surface area contributed by atoms with Crippen LogP contribution in [0.3, 0.4) is 0 Å². The van der Waals surface area contributed by atoms with E-state index in [-0.39, 0.29) is 11.3 Å². The van der Waals surface area contributed by atoms with E-state index in [9.17, 15) is 9.59 Å². The summed E-state index contributed by atoms with van der Waals surface area (Å²) in [6.07, 6.45) is 4.11. The highest BCUT2D eigenvalue weighted by Gasteiger charge is 2.18. The standard InChI is InChI=1S/C23H24N4O2/c1-16-8-7-11-18(14-16)24-25-22(28)21-19-12-5-6-13-20(19)23(29)27(26-21)15-17-9-3-2-4-10-17/h2-6,9-10,12-13,16H,7-8,11,14-15H2,1H3,(H,25,28)/b24-18-/t16-/m1/s1. The minimum atomic E-state index is -0.395. The van der Waals surface area contributed by atoms with Crippen molar-refractivity contribution in [3.8, 4) is 0 Å². The summed E-state index contributed by atoms with van der Waals surface area (Å²) in [5, 5.41) is 9.75. The third kappa shape index (κ3) is 4.26. The Labute approximate surface area is 169 Å². The van der Waals surface area contributed by atoms with Crippen LogP contribution in [0.25, 0.3) is 10.8 Å². The summed E-state index contributed by atoms with van der Waals surface area (Å²) >= 11 is 0. The van der Waals surface area contributed by atoms with Gasteiger partial charge < -0.3 is 0 Å². The van der Waals surface area contributed by atoms with Gasteiger partial charge in [0.2, 0.25) is 0 Å². The lowest BCUT2D eigenvalue weighted by Crippen LogP contribution is -2.30. The Morgan fingerprint density at radius 3 is 2.62 bits per heavy atom. The summed E-state index contributed by atoms with van der Waals surface area (Å²) in [5.41, 5.74) is 4.62. The first-order valence-electron chi connectivity index (χ1n) is 10.0. The minimum Gasteiger partial charge on any atom is -0.267 e. The van der Waals surface area contributed by atoms with Crippen molar-refractivity contribution >= 4 is 22.4 Å². The molecule has 1 saturated carbocycles. The maximum atomic E-state index is 12.9. The normalized spacial score (nSPS) is 18.1. The van der Waals surface area contributed by atoms with E-state index >= 15 is 0 Å². The lowest BCUT2D eigenvalue weighted by molar-refractivity contribution is 0.0949. The van der Waals surface area contributed by atoms with Gasteiger partial charge in [0, 0.05) is 11.1 Å².